The molecule has 2 aromatic heterocycles. The van der Waals surface area contributed by atoms with Crippen molar-refractivity contribution in [1.82, 2.24) is 4.57 Å². The van der Waals surface area contributed by atoms with Crippen LogP contribution in [-0.4, -0.2) is 4.57 Å². The minimum absolute atomic E-state index is 0.905. The monoisotopic (exact) mass is 576 g/mol. The number of benzene rings is 7. The highest BCUT2D eigenvalue weighted by molar-refractivity contribution is 6.25. The number of anilines is 3. The molecule has 0 fully saturated rings. The fourth-order valence-corrected chi connectivity index (χ4v) is 6.74. The molecule has 0 aliphatic rings. The van der Waals surface area contributed by atoms with Gasteiger partial charge >= 0.3 is 0 Å². The highest BCUT2D eigenvalue weighted by atomic mass is 16.3. The van der Waals surface area contributed by atoms with Gasteiger partial charge in [0.1, 0.15) is 11.2 Å². The van der Waals surface area contributed by atoms with Crippen LogP contribution in [0.4, 0.5) is 17.1 Å². The fourth-order valence-electron chi connectivity index (χ4n) is 6.74. The van der Waals surface area contributed by atoms with E-state index in [2.05, 4.69) is 173 Å². The quantitative estimate of drug-likeness (QED) is 0.203. The van der Waals surface area contributed by atoms with Crippen molar-refractivity contribution in [1.29, 1.82) is 0 Å². The third-order valence-corrected chi connectivity index (χ3v) is 8.79. The van der Waals surface area contributed by atoms with Crippen LogP contribution in [0.2, 0.25) is 0 Å². The molecule has 9 rings (SSSR count). The Kier molecular flexibility index (Phi) is 5.82. The van der Waals surface area contributed by atoms with Gasteiger partial charge in [-0.2, -0.15) is 0 Å². The predicted octanol–water partition coefficient (Wildman–Crippen LogP) is 11.8. The van der Waals surface area contributed by atoms with E-state index in [1.165, 1.54) is 16.3 Å². The summed E-state index contributed by atoms with van der Waals surface area (Å²) in [6, 6.07) is 57.9. The Labute approximate surface area is 260 Å². The van der Waals surface area contributed by atoms with Gasteiger partial charge in [-0.25, -0.2) is 0 Å². The van der Waals surface area contributed by atoms with Gasteiger partial charge in [0, 0.05) is 45.1 Å². The lowest BCUT2D eigenvalue weighted by Crippen LogP contribution is -2.09. The van der Waals surface area contributed by atoms with Gasteiger partial charge in [0.25, 0.3) is 0 Å². The van der Waals surface area contributed by atoms with Gasteiger partial charge in [0.05, 0.1) is 10.9 Å². The maximum atomic E-state index is 6.65. The molecule has 45 heavy (non-hydrogen) atoms. The summed E-state index contributed by atoms with van der Waals surface area (Å²) in [5.74, 6) is 0. The first-order valence-electron chi connectivity index (χ1n) is 15.3. The van der Waals surface area contributed by atoms with E-state index < -0.39 is 0 Å². The maximum Gasteiger partial charge on any atom is 0.145 e. The molecular weight excluding hydrogens is 548 g/mol. The van der Waals surface area contributed by atoms with Crippen molar-refractivity contribution in [3.8, 4) is 16.8 Å². The SMILES string of the molecule is c1ccc(N(c2ccccc2)c2ccc(-c3cc4ccn(-c5ccccc5)c4c4c3ccc3c5ccccc5oc34)cc2)cc1. The zero-order valence-electron chi connectivity index (χ0n) is 24.5. The molecule has 0 spiro atoms. The molecule has 0 saturated carbocycles. The summed E-state index contributed by atoms with van der Waals surface area (Å²) >= 11 is 0. The lowest BCUT2D eigenvalue weighted by atomic mass is 9.94. The van der Waals surface area contributed by atoms with Gasteiger partial charge in [0.15, 0.2) is 0 Å². The van der Waals surface area contributed by atoms with Crippen LogP contribution in [-0.2, 0) is 0 Å². The number of fused-ring (bicyclic) bond motifs is 7. The largest absolute Gasteiger partial charge is 0.455 e. The van der Waals surface area contributed by atoms with E-state index in [-0.39, 0.29) is 0 Å². The first kappa shape index (κ1) is 25.4. The molecule has 0 unspecified atom stereocenters. The van der Waals surface area contributed by atoms with Crippen LogP contribution in [0, 0.1) is 0 Å². The lowest BCUT2D eigenvalue weighted by molar-refractivity contribution is 0.673. The Hall–Kier alpha value is -6.06. The Balaban J connectivity index is 1.28. The number of furan rings is 1. The minimum Gasteiger partial charge on any atom is -0.455 e. The number of aromatic nitrogens is 1. The molecule has 0 atom stereocenters. The molecule has 3 heteroatoms. The van der Waals surface area contributed by atoms with Crippen LogP contribution in [0.5, 0.6) is 0 Å². The van der Waals surface area contributed by atoms with E-state index in [0.29, 0.717) is 0 Å². The van der Waals surface area contributed by atoms with Crippen molar-refractivity contribution in [2.24, 2.45) is 0 Å². The van der Waals surface area contributed by atoms with Gasteiger partial charge in [0.2, 0.25) is 0 Å². The van der Waals surface area contributed by atoms with E-state index in [1.807, 2.05) is 6.07 Å². The van der Waals surface area contributed by atoms with E-state index in [9.17, 15) is 0 Å². The van der Waals surface area contributed by atoms with Crippen molar-refractivity contribution >= 4 is 60.7 Å². The number of hydrogen-bond acceptors (Lipinski definition) is 2. The second-order valence-electron chi connectivity index (χ2n) is 11.4. The third-order valence-electron chi connectivity index (χ3n) is 8.79. The second kappa shape index (κ2) is 10.3. The van der Waals surface area contributed by atoms with Crippen LogP contribution in [0.15, 0.2) is 174 Å². The molecule has 0 saturated heterocycles. The first-order chi connectivity index (χ1) is 22.3. The first-order valence-corrected chi connectivity index (χ1v) is 15.3. The molecule has 0 amide bonds. The van der Waals surface area contributed by atoms with Gasteiger partial charge in [-0.3, -0.25) is 0 Å². The van der Waals surface area contributed by atoms with Gasteiger partial charge in [-0.05, 0) is 89.3 Å². The molecule has 212 valence electrons. The van der Waals surface area contributed by atoms with E-state index in [1.54, 1.807) is 0 Å². The standard InChI is InChI=1S/C42H28N2O/c1-4-12-31(13-5-1)43-27-26-30-28-38(36-24-25-37-35-18-10-11-19-39(35)45-42(37)40(36)41(30)43)29-20-22-34(23-21-29)44(32-14-6-2-7-15-32)33-16-8-3-9-17-33/h1-28H. The van der Waals surface area contributed by atoms with Crippen LogP contribution >= 0.6 is 0 Å². The normalized spacial score (nSPS) is 11.6. The summed E-state index contributed by atoms with van der Waals surface area (Å²) in [5, 5.41) is 5.74. The fraction of sp³-hybridized carbons (Fsp3) is 0. The molecular formula is C42H28N2O. The number of para-hydroxylation sites is 4. The van der Waals surface area contributed by atoms with Crippen LogP contribution in [0.25, 0.3) is 60.4 Å². The molecule has 0 N–H and O–H groups in total. The summed E-state index contributed by atoms with van der Waals surface area (Å²) in [6.45, 7) is 0. The smallest absolute Gasteiger partial charge is 0.145 e. The molecule has 0 radical (unpaired) electrons. The van der Waals surface area contributed by atoms with E-state index >= 15 is 0 Å². The topological polar surface area (TPSA) is 21.3 Å². The van der Waals surface area contributed by atoms with Gasteiger partial charge < -0.3 is 13.9 Å². The van der Waals surface area contributed by atoms with Gasteiger partial charge in [-0.1, -0.05) is 91.0 Å². The molecule has 3 nitrogen and oxygen atoms in total. The molecule has 2 heterocycles. The van der Waals surface area contributed by atoms with Crippen LogP contribution in [0.3, 0.4) is 0 Å². The van der Waals surface area contributed by atoms with Crippen molar-refractivity contribution in [2.45, 2.75) is 0 Å². The summed E-state index contributed by atoms with van der Waals surface area (Å²) in [4.78, 5) is 2.29. The predicted molar refractivity (Wildman–Crippen MR) is 188 cm³/mol. The summed E-state index contributed by atoms with van der Waals surface area (Å²) in [5.41, 5.74) is 9.81. The van der Waals surface area contributed by atoms with Gasteiger partial charge in [-0.15, -0.1) is 0 Å². The van der Waals surface area contributed by atoms with Crippen molar-refractivity contribution in [2.75, 3.05) is 4.90 Å². The van der Waals surface area contributed by atoms with Crippen LogP contribution in [0.1, 0.15) is 0 Å². The average molecular weight is 577 g/mol. The number of nitrogens with zero attached hydrogens (tertiary/aromatic N) is 2. The minimum atomic E-state index is 0.905. The van der Waals surface area contributed by atoms with Crippen molar-refractivity contribution in [3.05, 3.63) is 170 Å². The Morgan fingerprint density at radius 2 is 1.09 bits per heavy atom. The molecule has 0 aliphatic carbocycles. The average Bonchev–Trinajstić information content (AvgIpc) is 3.72. The zero-order chi connectivity index (χ0) is 29.7. The molecule has 0 aliphatic heterocycles. The second-order valence-corrected chi connectivity index (χ2v) is 11.4. The highest BCUT2D eigenvalue weighted by Crippen LogP contribution is 2.43. The van der Waals surface area contributed by atoms with E-state index in [0.717, 1.165) is 61.2 Å². The van der Waals surface area contributed by atoms with E-state index in [4.69, 9.17) is 4.42 Å². The summed E-state index contributed by atoms with van der Waals surface area (Å²) in [6.07, 6.45) is 2.17. The van der Waals surface area contributed by atoms with Crippen molar-refractivity contribution < 1.29 is 4.42 Å². The molecule has 9 aromatic rings. The summed E-state index contributed by atoms with van der Waals surface area (Å²) in [7, 11) is 0. The lowest BCUT2D eigenvalue weighted by Gasteiger charge is -2.25. The zero-order valence-corrected chi connectivity index (χ0v) is 24.5. The third kappa shape index (κ3) is 4.13. The molecule has 7 aromatic carbocycles. The van der Waals surface area contributed by atoms with Crippen LogP contribution < -0.4 is 4.90 Å². The Morgan fingerprint density at radius 3 is 1.80 bits per heavy atom. The molecule has 0 bridgehead atoms. The number of rotatable bonds is 5. The maximum absolute atomic E-state index is 6.65. The van der Waals surface area contributed by atoms with Crippen molar-refractivity contribution in [3.63, 3.8) is 0 Å². The number of hydrogen-bond donors (Lipinski definition) is 0. The highest BCUT2D eigenvalue weighted by Gasteiger charge is 2.19. The Bertz CT molecular complexity index is 2420. The summed E-state index contributed by atoms with van der Waals surface area (Å²) < 4.78 is 8.94. The Morgan fingerprint density at radius 1 is 0.489 bits per heavy atom.